The highest BCUT2D eigenvalue weighted by molar-refractivity contribution is 7.22. The largest absolute Gasteiger partial charge is 0.507 e. The maximum atomic E-state index is 13.6. The van der Waals surface area contributed by atoms with Crippen LogP contribution in [0.1, 0.15) is 29.7 Å². The fourth-order valence-electron chi connectivity index (χ4n) is 5.08. The Morgan fingerprint density at radius 2 is 1.87 bits per heavy atom. The minimum atomic E-state index is -0.968. The van der Waals surface area contributed by atoms with Gasteiger partial charge in [-0.25, -0.2) is 4.98 Å². The number of hydrogen-bond acceptors (Lipinski definition) is 8. The average Bonchev–Trinajstić information content (AvgIpc) is 3.59. The number of thiazole rings is 1. The number of ketones is 1. The number of halogens is 1. The third-order valence-corrected chi connectivity index (χ3v) is 8.14. The van der Waals surface area contributed by atoms with E-state index in [4.69, 9.17) is 25.8 Å². The van der Waals surface area contributed by atoms with Crippen molar-refractivity contribution in [1.82, 2.24) is 4.98 Å². The quantitative estimate of drug-likeness (QED) is 0.183. The molecule has 1 aromatic heterocycles. The van der Waals surface area contributed by atoms with Gasteiger partial charge in [0.05, 0.1) is 36.1 Å². The highest BCUT2D eigenvalue weighted by Gasteiger charge is 2.48. The maximum absolute atomic E-state index is 13.6. The summed E-state index contributed by atoms with van der Waals surface area (Å²) in [7, 11) is 3.03. The van der Waals surface area contributed by atoms with E-state index in [-0.39, 0.29) is 17.4 Å². The van der Waals surface area contributed by atoms with Gasteiger partial charge in [-0.2, -0.15) is 0 Å². The van der Waals surface area contributed by atoms with Gasteiger partial charge in [0.15, 0.2) is 16.6 Å². The second-order valence-electron chi connectivity index (χ2n) is 9.35. The van der Waals surface area contributed by atoms with Gasteiger partial charge in [0, 0.05) is 17.0 Å². The van der Waals surface area contributed by atoms with Crippen LogP contribution in [0.15, 0.2) is 60.2 Å². The molecule has 0 saturated carbocycles. The smallest absolute Gasteiger partial charge is 0.301 e. The standard InChI is InChI=1S/C29H23ClN2O6S/c1-14-10-17-11-16(5-8-20(17)38-14)26(33)24-25(15-4-9-21(36-2)22(12-15)37-3)32(28(35)27(24)34)29-31-19-7-6-18(30)13-23(19)39-29/h4-9,11-14,25,33H,10H2,1-3H3/t14-,25+/m0/s1. The summed E-state index contributed by atoms with van der Waals surface area (Å²) in [5, 5.41) is 12.4. The molecule has 2 aliphatic heterocycles. The number of amides is 1. The number of anilines is 1. The molecule has 2 atom stereocenters. The third-order valence-electron chi connectivity index (χ3n) is 6.88. The van der Waals surface area contributed by atoms with Crippen molar-refractivity contribution in [1.29, 1.82) is 0 Å². The zero-order valence-electron chi connectivity index (χ0n) is 21.2. The highest BCUT2D eigenvalue weighted by Crippen LogP contribution is 2.46. The molecule has 10 heteroatoms. The van der Waals surface area contributed by atoms with Crippen molar-refractivity contribution in [3.05, 3.63) is 81.9 Å². The highest BCUT2D eigenvalue weighted by atomic mass is 35.5. The summed E-state index contributed by atoms with van der Waals surface area (Å²) in [4.78, 5) is 33.1. The number of aromatic nitrogens is 1. The molecule has 0 radical (unpaired) electrons. The molecule has 0 bridgehead atoms. The van der Waals surface area contributed by atoms with Gasteiger partial charge in [0.2, 0.25) is 0 Å². The summed E-state index contributed by atoms with van der Waals surface area (Å²) in [6.45, 7) is 1.97. The molecule has 0 unspecified atom stereocenters. The van der Waals surface area contributed by atoms with Gasteiger partial charge in [-0.05, 0) is 66.6 Å². The van der Waals surface area contributed by atoms with Crippen LogP contribution < -0.4 is 19.1 Å². The number of aliphatic hydroxyl groups is 1. The number of fused-ring (bicyclic) bond motifs is 2. The second kappa shape index (κ2) is 9.59. The monoisotopic (exact) mass is 562 g/mol. The lowest BCUT2D eigenvalue weighted by Crippen LogP contribution is -2.29. The molecule has 3 aromatic carbocycles. The van der Waals surface area contributed by atoms with Crippen molar-refractivity contribution in [3.8, 4) is 17.2 Å². The predicted octanol–water partition coefficient (Wildman–Crippen LogP) is 5.92. The molecule has 6 rings (SSSR count). The van der Waals surface area contributed by atoms with E-state index in [0.29, 0.717) is 44.7 Å². The summed E-state index contributed by atoms with van der Waals surface area (Å²) in [5.41, 5.74) is 2.48. The molecule has 2 aliphatic rings. The van der Waals surface area contributed by atoms with E-state index in [2.05, 4.69) is 4.98 Å². The molecule has 8 nitrogen and oxygen atoms in total. The Morgan fingerprint density at radius 3 is 2.64 bits per heavy atom. The number of Topliss-reactive ketones (excluding diaryl/α,β-unsaturated/α-hetero) is 1. The maximum Gasteiger partial charge on any atom is 0.301 e. The van der Waals surface area contributed by atoms with Crippen LogP contribution >= 0.6 is 22.9 Å². The number of carbonyl (C=O) groups is 2. The lowest BCUT2D eigenvalue weighted by Gasteiger charge is -2.23. The normalized spacial score (nSPS) is 19.8. The van der Waals surface area contributed by atoms with Crippen LogP contribution in [0.4, 0.5) is 5.13 Å². The van der Waals surface area contributed by atoms with Gasteiger partial charge in [0.25, 0.3) is 5.78 Å². The summed E-state index contributed by atoms with van der Waals surface area (Å²) in [6, 6.07) is 14.6. The summed E-state index contributed by atoms with van der Waals surface area (Å²) in [6.07, 6.45) is 0.695. The second-order valence-corrected chi connectivity index (χ2v) is 10.8. The number of benzene rings is 3. The van der Waals surface area contributed by atoms with Crippen molar-refractivity contribution in [2.75, 3.05) is 19.1 Å². The predicted molar refractivity (Wildman–Crippen MR) is 149 cm³/mol. The lowest BCUT2D eigenvalue weighted by atomic mass is 9.94. The van der Waals surface area contributed by atoms with E-state index in [0.717, 1.165) is 16.0 Å². The zero-order valence-corrected chi connectivity index (χ0v) is 22.8. The lowest BCUT2D eigenvalue weighted by molar-refractivity contribution is -0.132. The van der Waals surface area contributed by atoms with Gasteiger partial charge in [-0.15, -0.1) is 0 Å². The molecule has 3 heterocycles. The first-order valence-electron chi connectivity index (χ1n) is 12.2. The van der Waals surface area contributed by atoms with Crippen molar-refractivity contribution in [3.63, 3.8) is 0 Å². The molecular formula is C29H23ClN2O6S. The topological polar surface area (TPSA) is 98.2 Å². The molecule has 1 N–H and O–H groups in total. The van der Waals surface area contributed by atoms with E-state index >= 15 is 0 Å². The Balaban J connectivity index is 1.55. The SMILES string of the molecule is COc1ccc([C@@H]2C(=C(O)c3ccc4c(c3)C[C@H](C)O4)C(=O)C(=O)N2c2nc3ccc(Cl)cc3s2)cc1OC. The van der Waals surface area contributed by atoms with Crippen molar-refractivity contribution in [2.24, 2.45) is 0 Å². The van der Waals surface area contributed by atoms with Crippen LogP contribution in [0.3, 0.4) is 0 Å². The van der Waals surface area contributed by atoms with Crippen LogP contribution in [-0.2, 0) is 16.0 Å². The number of hydrogen-bond donors (Lipinski definition) is 1. The Kier molecular flexibility index (Phi) is 6.20. The molecule has 39 heavy (non-hydrogen) atoms. The minimum Gasteiger partial charge on any atom is -0.507 e. The van der Waals surface area contributed by atoms with Crippen LogP contribution in [0.5, 0.6) is 17.2 Å². The van der Waals surface area contributed by atoms with Gasteiger partial charge in [0.1, 0.15) is 17.6 Å². The molecule has 198 valence electrons. The molecule has 1 fully saturated rings. The summed E-state index contributed by atoms with van der Waals surface area (Å²) < 4.78 is 17.4. The van der Waals surface area contributed by atoms with Crippen molar-refractivity contribution < 1.29 is 28.9 Å². The molecule has 1 saturated heterocycles. The molecule has 4 aromatic rings. The molecule has 1 amide bonds. The first-order chi connectivity index (χ1) is 18.8. The van der Waals surface area contributed by atoms with Crippen LogP contribution in [0.25, 0.3) is 16.0 Å². The summed E-state index contributed by atoms with van der Waals surface area (Å²) >= 11 is 7.41. The number of methoxy groups -OCH3 is 2. The fourth-order valence-corrected chi connectivity index (χ4v) is 6.35. The number of ether oxygens (including phenoxy) is 3. The molecular weight excluding hydrogens is 540 g/mol. The van der Waals surface area contributed by atoms with Gasteiger partial charge >= 0.3 is 5.91 Å². The Bertz CT molecular complexity index is 1700. The van der Waals surface area contributed by atoms with Crippen LogP contribution in [0, 0.1) is 0 Å². The van der Waals surface area contributed by atoms with E-state index < -0.39 is 17.7 Å². The van der Waals surface area contributed by atoms with Crippen LogP contribution in [0.2, 0.25) is 5.02 Å². The van der Waals surface area contributed by atoms with E-state index in [1.165, 1.54) is 30.5 Å². The first kappa shape index (κ1) is 25.2. The van der Waals surface area contributed by atoms with Crippen molar-refractivity contribution >= 4 is 55.7 Å². The summed E-state index contributed by atoms with van der Waals surface area (Å²) in [5.74, 6) is -0.235. The Labute approximate surface area is 233 Å². The van der Waals surface area contributed by atoms with Gasteiger partial charge in [-0.3, -0.25) is 14.5 Å². The number of nitrogens with zero attached hydrogens (tertiary/aromatic N) is 2. The van der Waals surface area contributed by atoms with Crippen LogP contribution in [-0.4, -0.2) is 42.1 Å². The van der Waals surface area contributed by atoms with Gasteiger partial charge < -0.3 is 19.3 Å². The molecule has 0 spiro atoms. The Hall–Kier alpha value is -4.08. The number of rotatable bonds is 5. The number of aliphatic hydroxyl groups excluding tert-OH is 1. The van der Waals surface area contributed by atoms with Gasteiger partial charge in [-0.1, -0.05) is 29.0 Å². The zero-order chi connectivity index (χ0) is 27.4. The number of carbonyl (C=O) groups excluding carboxylic acids is 2. The first-order valence-corrected chi connectivity index (χ1v) is 13.4. The van der Waals surface area contributed by atoms with E-state index in [9.17, 15) is 14.7 Å². The van der Waals surface area contributed by atoms with E-state index in [1.54, 1.807) is 54.6 Å². The van der Waals surface area contributed by atoms with Crippen molar-refractivity contribution in [2.45, 2.75) is 25.5 Å². The minimum absolute atomic E-state index is 0.0160. The average molecular weight is 563 g/mol. The van der Waals surface area contributed by atoms with E-state index in [1.807, 2.05) is 6.92 Å². The Morgan fingerprint density at radius 1 is 1.08 bits per heavy atom. The fraction of sp³-hybridized carbons (Fsp3) is 0.207. The molecule has 0 aliphatic carbocycles. The third kappa shape index (κ3) is 4.18.